The zero-order valence-electron chi connectivity index (χ0n) is 25.0. The standard InChI is InChI=1S/C14H17N.C12H10N2.C7H7N.C4H6/c1-10-11(2)13(4)15(12(10)3)14-8-6-5-7-9-14;1-3-7-11(8-4-1)13-14-12-9-5-2-6-10-12;1-8-7-5-3-2-4-6-7;1-3-4-2/h5-9H,1-4H3;1-10H;2-6H,1H2;1-2H3. The third-order valence-electron chi connectivity index (χ3n) is 6.32. The van der Waals surface area contributed by atoms with Crippen LogP contribution in [0.15, 0.2) is 137 Å². The lowest BCUT2D eigenvalue weighted by molar-refractivity contribution is 0.956. The second-order valence-electron chi connectivity index (χ2n) is 8.96. The van der Waals surface area contributed by atoms with Crippen LogP contribution in [0, 0.1) is 39.5 Å². The minimum absolute atomic E-state index is 0.872. The highest BCUT2D eigenvalue weighted by Crippen LogP contribution is 2.24. The van der Waals surface area contributed by atoms with E-state index in [1.165, 1.54) is 28.2 Å². The molecule has 0 bridgehead atoms. The Bertz CT molecular complexity index is 1450. The van der Waals surface area contributed by atoms with Crippen molar-refractivity contribution in [1.82, 2.24) is 4.57 Å². The number of benzene rings is 4. The van der Waals surface area contributed by atoms with Crippen LogP contribution >= 0.6 is 0 Å². The first kappa shape index (κ1) is 32.2. The van der Waals surface area contributed by atoms with Gasteiger partial charge in [-0.3, -0.25) is 4.99 Å². The Morgan fingerprint density at radius 3 is 1.10 bits per heavy atom. The zero-order valence-corrected chi connectivity index (χ0v) is 25.0. The van der Waals surface area contributed by atoms with E-state index in [1.807, 2.05) is 105 Å². The molecule has 0 atom stereocenters. The molecule has 0 amide bonds. The van der Waals surface area contributed by atoms with Crippen molar-refractivity contribution in [3.05, 3.63) is 144 Å². The maximum atomic E-state index is 4.10. The molecule has 0 saturated heterocycles. The highest BCUT2D eigenvalue weighted by Gasteiger charge is 2.11. The fraction of sp³-hybridized carbons (Fsp3) is 0.162. The molecule has 4 heteroatoms. The SMILES string of the molecule is C=Nc1ccccc1.CC#CC.Cc1c(C)c(C)n(-c2ccccc2)c1C.c1ccc(N=Nc2ccccc2)cc1. The second-order valence-corrected chi connectivity index (χ2v) is 8.96. The first-order valence-corrected chi connectivity index (χ1v) is 13.5. The number of rotatable bonds is 4. The van der Waals surface area contributed by atoms with Gasteiger partial charge in [-0.25, -0.2) is 0 Å². The molecule has 1 aromatic heterocycles. The maximum absolute atomic E-state index is 4.10. The van der Waals surface area contributed by atoms with Crippen molar-refractivity contribution >= 4 is 23.8 Å². The molecule has 0 unspecified atom stereocenters. The normalized spacial score (nSPS) is 9.51. The number of hydrogen-bond acceptors (Lipinski definition) is 3. The lowest BCUT2D eigenvalue weighted by atomic mass is 10.2. The molecule has 0 aliphatic rings. The van der Waals surface area contributed by atoms with E-state index in [2.05, 4.69) is 96.4 Å². The summed E-state index contributed by atoms with van der Waals surface area (Å²) in [6.45, 7) is 15.8. The minimum Gasteiger partial charge on any atom is -0.318 e. The van der Waals surface area contributed by atoms with E-state index in [9.17, 15) is 0 Å². The highest BCUT2D eigenvalue weighted by atomic mass is 15.1. The van der Waals surface area contributed by atoms with Crippen LogP contribution in [0.3, 0.4) is 0 Å². The largest absolute Gasteiger partial charge is 0.318 e. The molecule has 0 saturated carbocycles. The van der Waals surface area contributed by atoms with Gasteiger partial charge >= 0.3 is 0 Å². The average Bonchev–Trinajstić information content (AvgIpc) is 3.24. The molecule has 0 fully saturated rings. The molecule has 4 aromatic carbocycles. The molecule has 0 aliphatic carbocycles. The predicted octanol–water partition coefficient (Wildman–Crippen LogP) is 10.9. The first-order valence-electron chi connectivity index (χ1n) is 13.5. The van der Waals surface area contributed by atoms with Gasteiger partial charge in [-0.2, -0.15) is 10.2 Å². The Morgan fingerprint density at radius 1 is 0.488 bits per heavy atom. The van der Waals surface area contributed by atoms with Crippen LogP contribution in [0.1, 0.15) is 36.4 Å². The van der Waals surface area contributed by atoms with E-state index >= 15 is 0 Å². The molecule has 41 heavy (non-hydrogen) atoms. The molecule has 0 N–H and O–H groups in total. The van der Waals surface area contributed by atoms with Crippen molar-refractivity contribution in [1.29, 1.82) is 0 Å². The van der Waals surface area contributed by atoms with Gasteiger partial charge in [0.05, 0.1) is 17.1 Å². The van der Waals surface area contributed by atoms with Crippen molar-refractivity contribution in [3.8, 4) is 17.5 Å². The summed E-state index contributed by atoms with van der Waals surface area (Å²) >= 11 is 0. The fourth-order valence-corrected chi connectivity index (χ4v) is 3.73. The summed E-state index contributed by atoms with van der Waals surface area (Å²) in [5.41, 5.74) is 9.41. The minimum atomic E-state index is 0.872. The van der Waals surface area contributed by atoms with Crippen molar-refractivity contribution in [2.24, 2.45) is 15.2 Å². The van der Waals surface area contributed by atoms with Gasteiger partial charge in [0.1, 0.15) is 0 Å². The van der Waals surface area contributed by atoms with Crippen LogP contribution < -0.4 is 0 Å². The summed E-state index contributed by atoms with van der Waals surface area (Å²) in [6, 6.07) is 39.5. The first-order chi connectivity index (χ1) is 19.9. The van der Waals surface area contributed by atoms with E-state index in [0.717, 1.165) is 17.1 Å². The van der Waals surface area contributed by atoms with Crippen molar-refractivity contribution in [2.45, 2.75) is 41.5 Å². The smallest absolute Gasteiger partial charge is 0.0857 e. The molecular formula is C37H40N4. The fourth-order valence-electron chi connectivity index (χ4n) is 3.73. The van der Waals surface area contributed by atoms with E-state index < -0.39 is 0 Å². The van der Waals surface area contributed by atoms with E-state index in [1.54, 1.807) is 0 Å². The van der Waals surface area contributed by atoms with Crippen LogP contribution in [-0.2, 0) is 0 Å². The van der Waals surface area contributed by atoms with Crippen LogP contribution in [0.2, 0.25) is 0 Å². The summed E-state index contributed by atoms with van der Waals surface area (Å²) in [6.07, 6.45) is 0. The monoisotopic (exact) mass is 540 g/mol. The molecule has 208 valence electrons. The van der Waals surface area contributed by atoms with Crippen LogP contribution in [0.5, 0.6) is 0 Å². The molecule has 5 rings (SSSR count). The topological polar surface area (TPSA) is 42.0 Å². The van der Waals surface area contributed by atoms with E-state index in [4.69, 9.17) is 0 Å². The molecular weight excluding hydrogens is 500 g/mol. The van der Waals surface area contributed by atoms with Gasteiger partial charge in [0.2, 0.25) is 0 Å². The Labute approximate surface area is 246 Å². The maximum Gasteiger partial charge on any atom is 0.0857 e. The number of hydrogen-bond donors (Lipinski definition) is 0. The quantitative estimate of drug-likeness (QED) is 0.124. The Morgan fingerprint density at radius 2 is 0.805 bits per heavy atom. The lowest BCUT2D eigenvalue weighted by Gasteiger charge is -2.09. The van der Waals surface area contributed by atoms with Gasteiger partial charge in [-0.15, -0.1) is 11.8 Å². The summed E-state index contributed by atoms with van der Waals surface area (Å²) in [4.78, 5) is 3.72. The summed E-state index contributed by atoms with van der Waals surface area (Å²) in [7, 11) is 0. The van der Waals surface area contributed by atoms with Crippen molar-refractivity contribution < 1.29 is 0 Å². The second kappa shape index (κ2) is 18.3. The lowest BCUT2D eigenvalue weighted by Crippen LogP contribution is -1.98. The average molecular weight is 541 g/mol. The van der Waals surface area contributed by atoms with Gasteiger partial charge in [0.15, 0.2) is 0 Å². The molecule has 1 heterocycles. The van der Waals surface area contributed by atoms with Gasteiger partial charge in [-0.05, 0) is 108 Å². The number of nitrogens with zero attached hydrogens (tertiary/aromatic N) is 4. The summed E-state index contributed by atoms with van der Waals surface area (Å²) < 4.78 is 2.32. The van der Waals surface area contributed by atoms with Gasteiger partial charge < -0.3 is 4.57 Å². The zero-order chi connectivity index (χ0) is 29.9. The van der Waals surface area contributed by atoms with Gasteiger partial charge in [0, 0.05) is 17.1 Å². The van der Waals surface area contributed by atoms with Crippen molar-refractivity contribution in [3.63, 3.8) is 0 Å². The van der Waals surface area contributed by atoms with Crippen LogP contribution in [0.4, 0.5) is 17.1 Å². The molecule has 5 aromatic rings. The summed E-state index contributed by atoms with van der Waals surface area (Å²) in [5, 5.41) is 8.20. The number of azo groups is 1. The Hall–Kier alpha value is -5.01. The number of para-hydroxylation sites is 2. The number of aromatic nitrogens is 1. The van der Waals surface area contributed by atoms with E-state index in [0.29, 0.717) is 0 Å². The Balaban J connectivity index is 0.000000209. The molecule has 0 radical (unpaired) electrons. The third-order valence-corrected chi connectivity index (χ3v) is 6.32. The van der Waals surface area contributed by atoms with Crippen LogP contribution in [-0.4, -0.2) is 11.3 Å². The third kappa shape index (κ3) is 10.9. The van der Waals surface area contributed by atoms with E-state index in [-0.39, 0.29) is 0 Å². The molecule has 4 nitrogen and oxygen atoms in total. The number of aliphatic imine (C=N–C) groups is 1. The molecule has 0 spiro atoms. The van der Waals surface area contributed by atoms with Crippen LogP contribution in [0.25, 0.3) is 5.69 Å². The van der Waals surface area contributed by atoms with Gasteiger partial charge in [0.25, 0.3) is 0 Å². The predicted molar refractivity (Wildman–Crippen MR) is 177 cm³/mol. The van der Waals surface area contributed by atoms with Gasteiger partial charge in [-0.1, -0.05) is 72.8 Å². The Kier molecular flexibility index (Phi) is 14.4. The summed E-state index contributed by atoms with van der Waals surface area (Å²) in [5.74, 6) is 5.36. The van der Waals surface area contributed by atoms with Crippen molar-refractivity contribution in [2.75, 3.05) is 0 Å². The molecule has 0 aliphatic heterocycles. The highest BCUT2D eigenvalue weighted by molar-refractivity contribution is 5.45.